The summed E-state index contributed by atoms with van der Waals surface area (Å²) < 4.78 is 4.57. The number of methoxy groups -OCH3 is 1. The maximum Gasteiger partial charge on any atom is 0.333 e. The van der Waals surface area contributed by atoms with E-state index >= 15 is 0 Å². The minimum absolute atomic E-state index is 0.324. The van der Waals surface area contributed by atoms with Gasteiger partial charge in [-0.05, 0) is 6.42 Å². The second-order valence-corrected chi connectivity index (χ2v) is 5.92. The van der Waals surface area contributed by atoms with Crippen LogP contribution in [0.5, 0.6) is 0 Å². The van der Waals surface area contributed by atoms with E-state index in [0.29, 0.717) is 12.0 Å². The van der Waals surface area contributed by atoms with Crippen LogP contribution in [0, 0.1) is 0 Å². The van der Waals surface area contributed by atoms with Crippen LogP contribution in [0.3, 0.4) is 0 Å². The summed E-state index contributed by atoms with van der Waals surface area (Å²) in [4.78, 5) is 11.2. The Balaban J connectivity index is 3.34. The molecule has 0 aromatic carbocycles. The number of hydrogen-bond acceptors (Lipinski definition) is 3. The van der Waals surface area contributed by atoms with E-state index in [9.17, 15) is 9.90 Å². The van der Waals surface area contributed by atoms with Crippen molar-refractivity contribution >= 4 is 5.97 Å². The van der Waals surface area contributed by atoms with E-state index in [0.717, 1.165) is 19.3 Å². The number of carbonyl (C=O) groups is 1. The molecule has 124 valence electrons. The van der Waals surface area contributed by atoms with Crippen molar-refractivity contribution in [3.63, 3.8) is 0 Å². The Labute approximate surface area is 130 Å². The fraction of sp³-hybridized carbons (Fsp3) is 0.833. The molecule has 0 aliphatic rings. The van der Waals surface area contributed by atoms with E-state index in [2.05, 4.69) is 18.2 Å². The molecule has 0 spiro atoms. The van der Waals surface area contributed by atoms with Crippen LogP contribution in [0.15, 0.2) is 12.2 Å². The first-order chi connectivity index (χ1) is 10.1. The molecule has 0 aromatic rings. The highest BCUT2D eigenvalue weighted by Gasteiger charge is 2.12. The van der Waals surface area contributed by atoms with E-state index < -0.39 is 12.1 Å². The number of ether oxygens (including phenoxy) is 1. The van der Waals surface area contributed by atoms with Crippen molar-refractivity contribution in [3.8, 4) is 0 Å². The topological polar surface area (TPSA) is 46.5 Å². The molecule has 0 aliphatic carbocycles. The number of hydrogen-bond donors (Lipinski definition) is 1. The SMILES string of the molecule is C=C(CC(O)CCCCCCCCCCCC)C(=O)OC. The predicted octanol–water partition coefficient (Wildman–Crippen LogP) is 4.78. The first-order valence-corrected chi connectivity index (χ1v) is 8.56. The van der Waals surface area contributed by atoms with Crippen LogP contribution in [-0.2, 0) is 9.53 Å². The lowest BCUT2D eigenvalue weighted by Gasteiger charge is -2.11. The van der Waals surface area contributed by atoms with Gasteiger partial charge in [0.2, 0.25) is 0 Å². The Hall–Kier alpha value is -0.830. The van der Waals surface area contributed by atoms with Gasteiger partial charge in [0.25, 0.3) is 0 Å². The molecule has 0 saturated carbocycles. The van der Waals surface area contributed by atoms with Gasteiger partial charge in [0.05, 0.1) is 13.2 Å². The average Bonchev–Trinajstić information content (AvgIpc) is 2.48. The van der Waals surface area contributed by atoms with Gasteiger partial charge >= 0.3 is 5.97 Å². The maximum atomic E-state index is 11.2. The lowest BCUT2D eigenvalue weighted by atomic mass is 10.0. The Morgan fingerprint density at radius 1 is 1.00 bits per heavy atom. The van der Waals surface area contributed by atoms with Crippen molar-refractivity contribution in [3.05, 3.63) is 12.2 Å². The standard InChI is InChI=1S/C18H34O3/c1-4-5-6-7-8-9-10-11-12-13-14-17(19)15-16(2)18(20)21-3/h17,19H,2,4-15H2,1,3H3. The summed E-state index contributed by atoms with van der Waals surface area (Å²) in [6.45, 7) is 5.88. The second kappa shape index (κ2) is 14.1. The van der Waals surface area contributed by atoms with Crippen molar-refractivity contribution < 1.29 is 14.6 Å². The molecule has 21 heavy (non-hydrogen) atoms. The van der Waals surface area contributed by atoms with Crippen LogP contribution < -0.4 is 0 Å². The Morgan fingerprint density at radius 3 is 1.95 bits per heavy atom. The number of esters is 1. The fourth-order valence-electron chi connectivity index (χ4n) is 2.48. The van der Waals surface area contributed by atoms with Gasteiger partial charge < -0.3 is 9.84 Å². The van der Waals surface area contributed by atoms with Crippen LogP contribution in [0.25, 0.3) is 0 Å². The number of carbonyl (C=O) groups excluding carboxylic acids is 1. The molecule has 0 heterocycles. The van der Waals surface area contributed by atoms with Gasteiger partial charge in [-0.2, -0.15) is 0 Å². The summed E-state index contributed by atoms with van der Waals surface area (Å²) in [6, 6.07) is 0. The first-order valence-electron chi connectivity index (χ1n) is 8.56. The molecule has 3 nitrogen and oxygen atoms in total. The van der Waals surface area contributed by atoms with Crippen molar-refractivity contribution in [1.82, 2.24) is 0 Å². The molecule has 0 amide bonds. The number of rotatable bonds is 14. The summed E-state index contributed by atoms with van der Waals surface area (Å²) in [6.07, 6.45) is 13.5. The molecule has 0 rings (SSSR count). The van der Waals surface area contributed by atoms with Crippen molar-refractivity contribution in [2.45, 2.75) is 90.1 Å². The summed E-state index contributed by atoms with van der Waals surface area (Å²) in [5.74, 6) is -0.419. The number of unbranched alkanes of at least 4 members (excludes halogenated alkanes) is 9. The summed E-state index contributed by atoms with van der Waals surface area (Å²) in [5, 5.41) is 9.82. The van der Waals surface area contributed by atoms with Gasteiger partial charge in [-0.25, -0.2) is 4.79 Å². The Morgan fingerprint density at radius 2 is 1.48 bits per heavy atom. The average molecular weight is 298 g/mol. The van der Waals surface area contributed by atoms with Crippen LogP contribution >= 0.6 is 0 Å². The third kappa shape index (κ3) is 12.6. The third-order valence-electron chi connectivity index (χ3n) is 3.85. The van der Waals surface area contributed by atoms with Crippen molar-refractivity contribution in [1.29, 1.82) is 0 Å². The van der Waals surface area contributed by atoms with Crippen LogP contribution in [0.4, 0.5) is 0 Å². The van der Waals surface area contributed by atoms with E-state index in [1.165, 1.54) is 58.5 Å². The van der Waals surface area contributed by atoms with Crippen LogP contribution in [0.2, 0.25) is 0 Å². The van der Waals surface area contributed by atoms with Crippen LogP contribution in [0.1, 0.15) is 84.0 Å². The third-order valence-corrected chi connectivity index (χ3v) is 3.85. The molecular formula is C18H34O3. The lowest BCUT2D eigenvalue weighted by Crippen LogP contribution is -2.13. The smallest absolute Gasteiger partial charge is 0.333 e. The number of aliphatic hydroxyl groups is 1. The van der Waals surface area contributed by atoms with Gasteiger partial charge in [0.15, 0.2) is 0 Å². The van der Waals surface area contributed by atoms with E-state index in [4.69, 9.17) is 0 Å². The minimum Gasteiger partial charge on any atom is -0.466 e. The molecule has 1 atom stereocenters. The van der Waals surface area contributed by atoms with E-state index in [-0.39, 0.29) is 0 Å². The van der Waals surface area contributed by atoms with Crippen LogP contribution in [-0.4, -0.2) is 24.3 Å². The first kappa shape index (κ1) is 20.2. The van der Waals surface area contributed by atoms with Gasteiger partial charge in [-0.15, -0.1) is 0 Å². The zero-order valence-corrected chi connectivity index (χ0v) is 14.0. The Kier molecular flexibility index (Phi) is 13.6. The highest BCUT2D eigenvalue weighted by atomic mass is 16.5. The highest BCUT2D eigenvalue weighted by Crippen LogP contribution is 2.14. The van der Waals surface area contributed by atoms with E-state index in [1.54, 1.807) is 0 Å². The highest BCUT2D eigenvalue weighted by molar-refractivity contribution is 5.87. The lowest BCUT2D eigenvalue weighted by molar-refractivity contribution is -0.136. The van der Waals surface area contributed by atoms with Gasteiger partial charge in [-0.3, -0.25) is 0 Å². The Bertz CT molecular complexity index is 274. The van der Waals surface area contributed by atoms with Crippen molar-refractivity contribution in [2.75, 3.05) is 7.11 Å². The fourth-order valence-corrected chi connectivity index (χ4v) is 2.48. The zero-order valence-electron chi connectivity index (χ0n) is 14.0. The molecule has 1 unspecified atom stereocenters. The van der Waals surface area contributed by atoms with Crippen molar-refractivity contribution in [2.24, 2.45) is 0 Å². The number of aliphatic hydroxyl groups excluding tert-OH is 1. The van der Waals surface area contributed by atoms with E-state index in [1.807, 2.05) is 0 Å². The molecule has 0 saturated heterocycles. The normalized spacial score (nSPS) is 12.1. The maximum absolute atomic E-state index is 11.2. The minimum atomic E-state index is -0.467. The second-order valence-electron chi connectivity index (χ2n) is 5.92. The largest absolute Gasteiger partial charge is 0.466 e. The summed E-state index contributed by atoms with van der Waals surface area (Å²) in [5.41, 5.74) is 0.358. The monoisotopic (exact) mass is 298 g/mol. The molecule has 0 aliphatic heterocycles. The molecule has 3 heteroatoms. The zero-order chi connectivity index (χ0) is 15.9. The molecule has 0 radical (unpaired) electrons. The van der Waals surface area contributed by atoms with Gasteiger partial charge in [-0.1, -0.05) is 77.7 Å². The molecule has 1 N–H and O–H groups in total. The van der Waals surface area contributed by atoms with Gasteiger partial charge in [0, 0.05) is 12.0 Å². The predicted molar refractivity (Wildman–Crippen MR) is 88.2 cm³/mol. The summed E-state index contributed by atoms with van der Waals surface area (Å²) in [7, 11) is 1.34. The molecular weight excluding hydrogens is 264 g/mol. The molecule has 0 fully saturated rings. The van der Waals surface area contributed by atoms with Gasteiger partial charge in [0.1, 0.15) is 0 Å². The summed E-state index contributed by atoms with van der Waals surface area (Å²) >= 11 is 0. The molecule has 0 aromatic heterocycles. The molecule has 0 bridgehead atoms. The quantitative estimate of drug-likeness (QED) is 0.285.